The van der Waals surface area contributed by atoms with Gasteiger partial charge in [-0.2, -0.15) is 5.10 Å². The maximum Gasteiger partial charge on any atom is 0.270 e. The molecule has 0 saturated heterocycles. The Balaban J connectivity index is 1.62. The fourth-order valence-corrected chi connectivity index (χ4v) is 2.72. The van der Waals surface area contributed by atoms with Crippen LogP contribution < -0.4 is 15.8 Å². The first kappa shape index (κ1) is 14.7. The molecule has 1 unspecified atom stereocenters. The van der Waals surface area contributed by atoms with Crippen molar-refractivity contribution in [2.45, 2.75) is 12.8 Å². The SMILES string of the molecule is Nc1n[nH]c(C(=O)NCC2CCOc3ccccc3C2)c1Cl. The molecule has 116 valence electrons. The molecule has 2 heterocycles. The second kappa shape index (κ2) is 6.27. The number of para-hydroxylation sites is 1. The largest absolute Gasteiger partial charge is 0.493 e. The molecule has 1 aromatic heterocycles. The summed E-state index contributed by atoms with van der Waals surface area (Å²) < 4.78 is 5.73. The normalized spacial score (nSPS) is 17.2. The average molecular weight is 321 g/mol. The predicted molar refractivity (Wildman–Crippen MR) is 84.1 cm³/mol. The topological polar surface area (TPSA) is 93.0 Å². The number of nitrogens with one attached hydrogen (secondary N) is 2. The van der Waals surface area contributed by atoms with Crippen LogP contribution in [0.4, 0.5) is 5.82 Å². The van der Waals surface area contributed by atoms with Gasteiger partial charge in [-0.1, -0.05) is 29.8 Å². The summed E-state index contributed by atoms with van der Waals surface area (Å²) in [7, 11) is 0. The molecule has 2 aromatic rings. The number of carbonyl (C=O) groups is 1. The van der Waals surface area contributed by atoms with Gasteiger partial charge in [-0.15, -0.1) is 0 Å². The minimum absolute atomic E-state index is 0.128. The van der Waals surface area contributed by atoms with Crippen LogP contribution in [0.1, 0.15) is 22.5 Å². The molecular formula is C15H17ClN4O2. The summed E-state index contributed by atoms with van der Waals surface area (Å²) in [6.07, 6.45) is 1.75. The quantitative estimate of drug-likeness (QED) is 0.806. The molecule has 0 radical (unpaired) electrons. The van der Waals surface area contributed by atoms with E-state index in [9.17, 15) is 4.79 Å². The van der Waals surface area contributed by atoms with Crippen LogP contribution in [0.2, 0.25) is 5.02 Å². The number of H-pyrrole nitrogens is 1. The van der Waals surface area contributed by atoms with Crippen LogP contribution in [0.5, 0.6) is 5.75 Å². The number of hydrogen-bond acceptors (Lipinski definition) is 4. The second-order valence-electron chi connectivity index (χ2n) is 5.32. The Morgan fingerprint density at radius 2 is 2.32 bits per heavy atom. The lowest BCUT2D eigenvalue weighted by molar-refractivity contribution is 0.0940. The van der Waals surface area contributed by atoms with Gasteiger partial charge >= 0.3 is 0 Å². The van der Waals surface area contributed by atoms with Crippen LogP contribution in [-0.2, 0) is 6.42 Å². The smallest absolute Gasteiger partial charge is 0.270 e. The van der Waals surface area contributed by atoms with Gasteiger partial charge < -0.3 is 15.8 Å². The summed E-state index contributed by atoms with van der Waals surface area (Å²) >= 11 is 5.92. The number of anilines is 1. The highest BCUT2D eigenvalue weighted by atomic mass is 35.5. The maximum atomic E-state index is 12.1. The van der Waals surface area contributed by atoms with E-state index in [0.717, 1.165) is 18.6 Å². The van der Waals surface area contributed by atoms with Crippen LogP contribution >= 0.6 is 11.6 Å². The fourth-order valence-electron chi connectivity index (χ4n) is 2.55. The van der Waals surface area contributed by atoms with Crippen LogP contribution in [-0.4, -0.2) is 29.3 Å². The molecule has 7 heteroatoms. The lowest BCUT2D eigenvalue weighted by atomic mass is 9.97. The van der Waals surface area contributed by atoms with Crippen molar-refractivity contribution in [3.63, 3.8) is 0 Å². The number of nitrogen functional groups attached to an aromatic ring is 1. The molecule has 0 aliphatic carbocycles. The number of ether oxygens (including phenoxy) is 1. The Kier molecular flexibility index (Phi) is 4.20. The van der Waals surface area contributed by atoms with Gasteiger partial charge in [-0.05, 0) is 30.4 Å². The van der Waals surface area contributed by atoms with Gasteiger partial charge in [0.1, 0.15) is 16.5 Å². The number of carbonyl (C=O) groups excluding carboxylic acids is 1. The number of benzene rings is 1. The average Bonchev–Trinajstić information content (AvgIpc) is 2.75. The van der Waals surface area contributed by atoms with Crippen molar-refractivity contribution in [1.29, 1.82) is 0 Å². The molecule has 3 rings (SSSR count). The van der Waals surface area contributed by atoms with Gasteiger partial charge in [-0.25, -0.2) is 0 Å². The van der Waals surface area contributed by atoms with Crippen LogP contribution in [0.3, 0.4) is 0 Å². The number of rotatable bonds is 3. The molecule has 0 fully saturated rings. The van der Waals surface area contributed by atoms with Crippen molar-refractivity contribution in [2.75, 3.05) is 18.9 Å². The third kappa shape index (κ3) is 3.01. The molecule has 1 atom stereocenters. The van der Waals surface area contributed by atoms with E-state index in [1.807, 2.05) is 18.2 Å². The Bertz CT molecular complexity index is 686. The Morgan fingerprint density at radius 1 is 1.50 bits per heavy atom. The van der Waals surface area contributed by atoms with Gasteiger partial charge in [0.15, 0.2) is 5.82 Å². The molecule has 1 aromatic carbocycles. The van der Waals surface area contributed by atoms with Crippen molar-refractivity contribution in [3.05, 3.63) is 40.5 Å². The molecular weight excluding hydrogens is 304 g/mol. The Hall–Kier alpha value is -2.21. The van der Waals surface area contributed by atoms with Gasteiger partial charge in [0.25, 0.3) is 5.91 Å². The zero-order valence-electron chi connectivity index (χ0n) is 11.9. The third-order valence-electron chi connectivity index (χ3n) is 3.78. The first-order chi connectivity index (χ1) is 10.6. The third-order valence-corrected chi connectivity index (χ3v) is 4.16. The molecule has 0 bridgehead atoms. The zero-order chi connectivity index (χ0) is 15.5. The van der Waals surface area contributed by atoms with E-state index in [2.05, 4.69) is 21.6 Å². The standard InChI is InChI=1S/C15H17ClN4O2/c16-12-13(19-20-14(12)17)15(21)18-8-9-5-6-22-11-4-2-1-3-10(11)7-9/h1-4,9H,5-8H2,(H,18,21)(H3,17,19,20). The lowest BCUT2D eigenvalue weighted by Gasteiger charge is -2.14. The molecule has 1 aliphatic heterocycles. The summed E-state index contributed by atoms with van der Waals surface area (Å²) in [5, 5.41) is 9.30. The second-order valence-corrected chi connectivity index (χ2v) is 5.70. The van der Waals surface area contributed by atoms with Crippen molar-refractivity contribution >= 4 is 23.3 Å². The molecule has 0 spiro atoms. The molecule has 0 saturated carbocycles. The minimum Gasteiger partial charge on any atom is -0.493 e. The number of nitrogens with zero attached hydrogens (tertiary/aromatic N) is 1. The number of amides is 1. The number of aromatic amines is 1. The van der Waals surface area contributed by atoms with Crippen LogP contribution in [0.25, 0.3) is 0 Å². The molecule has 22 heavy (non-hydrogen) atoms. The highest BCUT2D eigenvalue weighted by Crippen LogP contribution is 2.26. The first-order valence-electron chi connectivity index (χ1n) is 7.13. The van der Waals surface area contributed by atoms with E-state index in [1.165, 1.54) is 5.56 Å². The zero-order valence-corrected chi connectivity index (χ0v) is 12.7. The predicted octanol–water partition coefficient (Wildman–Crippen LogP) is 2.02. The molecule has 4 N–H and O–H groups in total. The van der Waals surface area contributed by atoms with Crippen molar-refractivity contribution < 1.29 is 9.53 Å². The summed E-state index contributed by atoms with van der Waals surface area (Å²) in [4.78, 5) is 12.1. The Morgan fingerprint density at radius 3 is 3.09 bits per heavy atom. The van der Waals surface area contributed by atoms with E-state index < -0.39 is 0 Å². The molecule has 1 aliphatic rings. The van der Waals surface area contributed by atoms with Gasteiger partial charge in [-0.3, -0.25) is 9.89 Å². The lowest BCUT2D eigenvalue weighted by Crippen LogP contribution is -2.31. The van der Waals surface area contributed by atoms with E-state index in [-0.39, 0.29) is 22.4 Å². The number of aromatic nitrogens is 2. The number of halogens is 1. The maximum absolute atomic E-state index is 12.1. The minimum atomic E-state index is -0.298. The van der Waals surface area contributed by atoms with Crippen LogP contribution in [0.15, 0.2) is 24.3 Å². The van der Waals surface area contributed by atoms with E-state index in [4.69, 9.17) is 22.1 Å². The van der Waals surface area contributed by atoms with Crippen molar-refractivity contribution in [3.8, 4) is 5.75 Å². The van der Waals surface area contributed by atoms with Crippen LogP contribution in [0, 0.1) is 5.92 Å². The van der Waals surface area contributed by atoms with Gasteiger partial charge in [0, 0.05) is 6.54 Å². The van der Waals surface area contributed by atoms with Crippen molar-refractivity contribution in [1.82, 2.24) is 15.5 Å². The van der Waals surface area contributed by atoms with Gasteiger partial charge in [0.05, 0.1) is 6.61 Å². The molecule has 6 nitrogen and oxygen atoms in total. The fraction of sp³-hybridized carbons (Fsp3) is 0.333. The first-order valence-corrected chi connectivity index (χ1v) is 7.51. The van der Waals surface area contributed by atoms with E-state index in [1.54, 1.807) is 0 Å². The summed E-state index contributed by atoms with van der Waals surface area (Å²) in [6.45, 7) is 1.20. The number of fused-ring (bicyclic) bond motifs is 1. The number of nitrogens with two attached hydrogens (primary N) is 1. The summed E-state index contributed by atoms with van der Waals surface area (Å²) in [6, 6.07) is 7.99. The van der Waals surface area contributed by atoms with Gasteiger partial charge in [0.2, 0.25) is 0 Å². The van der Waals surface area contributed by atoms with E-state index >= 15 is 0 Å². The Labute approximate surface area is 133 Å². The van der Waals surface area contributed by atoms with Crippen molar-refractivity contribution in [2.24, 2.45) is 5.92 Å². The number of hydrogen-bond donors (Lipinski definition) is 3. The highest BCUT2D eigenvalue weighted by Gasteiger charge is 2.20. The monoisotopic (exact) mass is 320 g/mol. The molecule has 1 amide bonds. The highest BCUT2D eigenvalue weighted by molar-refractivity contribution is 6.35. The summed E-state index contributed by atoms with van der Waals surface area (Å²) in [5.74, 6) is 1.07. The van der Waals surface area contributed by atoms with E-state index in [0.29, 0.717) is 19.1 Å². The summed E-state index contributed by atoms with van der Waals surface area (Å²) in [5.41, 5.74) is 6.89.